The summed E-state index contributed by atoms with van der Waals surface area (Å²) >= 11 is 5.95. The van der Waals surface area contributed by atoms with Gasteiger partial charge in [0.05, 0.1) is 6.61 Å². The third-order valence-electron chi connectivity index (χ3n) is 2.81. The lowest BCUT2D eigenvalue weighted by atomic mass is 10.1. The number of hydrogen-bond donors (Lipinski definition) is 1. The fourth-order valence-electron chi connectivity index (χ4n) is 1.86. The highest BCUT2D eigenvalue weighted by Gasteiger charge is 2.26. The standard InChI is InChI=1S/C14H19ClF3NO/c1-3-19-10(2)12-9-11(15)5-6-13(12)20-8-4-7-14(16,17)18/h5-6,9-10,19H,3-4,7-8H2,1-2H3. The van der Waals surface area contributed by atoms with Crippen molar-refractivity contribution >= 4 is 11.6 Å². The van der Waals surface area contributed by atoms with Gasteiger partial charge in [0.2, 0.25) is 0 Å². The first kappa shape index (κ1) is 17.1. The summed E-state index contributed by atoms with van der Waals surface area (Å²) in [7, 11) is 0. The molecule has 0 spiro atoms. The summed E-state index contributed by atoms with van der Waals surface area (Å²) in [6.07, 6.45) is -5.02. The number of rotatable bonds is 7. The summed E-state index contributed by atoms with van der Waals surface area (Å²) in [6, 6.07) is 5.16. The number of benzene rings is 1. The molecule has 0 fully saturated rings. The van der Waals surface area contributed by atoms with E-state index in [2.05, 4.69) is 5.32 Å². The maximum absolute atomic E-state index is 12.1. The van der Waals surface area contributed by atoms with E-state index >= 15 is 0 Å². The van der Waals surface area contributed by atoms with E-state index in [1.807, 2.05) is 13.8 Å². The van der Waals surface area contributed by atoms with Gasteiger partial charge < -0.3 is 10.1 Å². The van der Waals surface area contributed by atoms with Gasteiger partial charge >= 0.3 is 6.18 Å². The Morgan fingerprint density at radius 3 is 2.65 bits per heavy atom. The molecule has 0 radical (unpaired) electrons. The predicted octanol–water partition coefficient (Wildman–Crippen LogP) is 4.73. The van der Waals surface area contributed by atoms with Crippen LogP contribution in [0.1, 0.15) is 38.3 Å². The van der Waals surface area contributed by atoms with Crippen LogP contribution in [0.4, 0.5) is 13.2 Å². The van der Waals surface area contributed by atoms with E-state index in [1.54, 1.807) is 18.2 Å². The molecule has 0 aliphatic heterocycles. The summed E-state index contributed by atoms with van der Waals surface area (Å²) in [5.41, 5.74) is 0.853. The van der Waals surface area contributed by atoms with E-state index in [1.165, 1.54) is 0 Å². The molecule has 0 aliphatic rings. The lowest BCUT2D eigenvalue weighted by molar-refractivity contribution is -0.136. The lowest BCUT2D eigenvalue weighted by Crippen LogP contribution is -2.19. The van der Waals surface area contributed by atoms with Crippen LogP contribution in [-0.4, -0.2) is 19.3 Å². The molecule has 0 aromatic heterocycles. The average molecular weight is 310 g/mol. The summed E-state index contributed by atoms with van der Waals surface area (Å²) in [5.74, 6) is 0.574. The monoisotopic (exact) mass is 309 g/mol. The molecule has 0 saturated carbocycles. The minimum absolute atomic E-state index is 0.0244. The second kappa shape index (κ2) is 7.74. The van der Waals surface area contributed by atoms with Crippen molar-refractivity contribution in [3.63, 3.8) is 0 Å². The molecule has 2 nitrogen and oxygen atoms in total. The Balaban J connectivity index is 2.64. The summed E-state index contributed by atoms with van der Waals surface area (Å²) in [6.45, 7) is 4.75. The third kappa shape index (κ3) is 6.01. The Kier molecular flexibility index (Phi) is 6.62. The van der Waals surface area contributed by atoms with E-state index < -0.39 is 12.6 Å². The molecule has 114 valence electrons. The fourth-order valence-corrected chi connectivity index (χ4v) is 2.04. The van der Waals surface area contributed by atoms with Gasteiger partial charge in [-0.1, -0.05) is 18.5 Å². The molecule has 0 saturated heterocycles. The van der Waals surface area contributed by atoms with Crippen LogP contribution in [0.5, 0.6) is 5.75 Å². The van der Waals surface area contributed by atoms with E-state index in [0.717, 1.165) is 12.1 Å². The fraction of sp³-hybridized carbons (Fsp3) is 0.571. The Bertz CT molecular complexity index is 423. The Hall–Kier alpha value is -0.940. The Morgan fingerprint density at radius 1 is 1.35 bits per heavy atom. The van der Waals surface area contributed by atoms with Gasteiger partial charge in [-0.3, -0.25) is 0 Å². The molecule has 1 aromatic rings. The molecule has 0 bridgehead atoms. The molecule has 1 aromatic carbocycles. The van der Waals surface area contributed by atoms with Gasteiger partial charge in [0, 0.05) is 23.0 Å². The lowest BCUT2D eigenvalue weighted by Gasteiger charge is -2.18. The van der Waals surface area contributed by atoms with Crippen LogP contribution in [-0.2, 0) is 0 Å². The topological polar surface area (TPSA) is 21.3 Å². The molecule has 0 aliphatic carbocycles. The van der Waals surface area contributed by atoms with Crippen molar-refractivity contribution in [1.29, 1.82) is 0 Å². The Morgan fingerprint density at radius 2 is 2.05 bits per heavy atom. The normalized spacial score (nSPS) is 13.3. The van der Waals surface area contributed by atoms with Crippen molar-refractivity contribution in [3.8, 4) is 5.75 Å². The number of hydrogen-bond acceptors (Lipinski definition) is 2. The highest BCUT2D eigenvalue weighted by Crippen LogP contribution is 2.29. The molecule has 0 amide bonds. The van der Waals surface area contributed by atoms with Crippen LogP contribution in [0.15, 0.2) is 18.2 Å². The smallest absolute Gasteiger partial charge is 0.389 e. The van der Waals surface area contributed by atoms with Gasteiger partial charge in [-0.05, 0) is 38.1 Å². The van der Waals surface area contributed by atoms with Crippen molar-refractivity contribution < 1.29 is 17.9 Å². The van der Waals surface area contributed by atoms with Crippen LogP contribution in [0.2, 0.25) is 5.02 Å². The number of alkyl halides is 3. The van der Waals surface area contributed by atoms with Gasteiger partial charge in [-0.2, -0.15) is 13.2 Å². The van der Waals surface area contributed by atoms with Crippen molar-refractivity contribution in [2.75, 3.05) is 13.2 Å². The maximum atomic E-state index is 12.1. The van der Waals surface area contributed by atoms with Gasteiger partial charge in [-0.15, -0.1) is 0 Å². The van der Waals surface area contributed by atoms with Gasteiger partial charge in [0.15, 0.2) is 0 Å². The Labute approximate surface area is 122 Å². The highest BCUT2D eigenvalue weighted by molar-refractivity contribution is 6.30. The minimum Gasteiger partial charge on any atom is -0.493 e. The molecule has 1 atom stereocenters. The quantitative estimate of drug-likeness (QED) is 0.735. The van der Waals surface area contributed by atoms with Crippen molar-refractivity contribution in [3.05, 3.63) is 28.8 Å². The predicted molar refractivity (Wildman–Crippen MR) is 74.3 cm³/mol. The average Bonchev–Trinajstić information content (AvgIpc) is 2.35. The zero-order chi connectivity index (χ0) is 15.2. The highest BCUT2D eigenvalue weighted by atomic mass is 35.5. The van der Waals surface area contributed by atoms with E-state index in [9.17, 15) is 13.2 Å². The molecule has 1 rings (SSSR count). The zero-order valence-electron chi connectivity index (χ0n) is 11.6. The van der Waals surface area contributed by atoms with Crippen molar-refractivity contribution in [2.24, 2.45) is 0 Å². The largest absolute Gasteiger partial charge is 0.493 e. The SMILES string of the molecule is CCNC(C)c1cc(Cl)ccc1OCCCC(F)(F)F. The van der Waals surface area contributed by atoms with Gasteiger partial charge in [-0.25, -0.2) is 0 Å². The molecule has 20 heavy (non-hydrogen) atoms. The third-order valence-corrected chi connectivity index (χ3v) is 3.05. The molecule has 1 N–H and O–H groups in total. The van der Waals surface area contributed by atoms with Crippen LogP contribution < -0.4 is 10.1 Å². The summed E-state index contributed by atoms with van der Waals surface area (Å²) in [4.78, 5) is 0. The van der Waals surface area contributed by atoms with Crippen LogP contribution in [0, 0.1) is 0 Å². The number of nitrogens with one attached hydrogen (secondary N) is 1. The van der Waals surface area contributed by atoms with E-state index in [0.29, 0.717) is 10.8 Å². The molecular weight excluding hydrogens is 291 g/mol. The molecule has 0 heterocycles. The second-order valence-corrected chi connectivity index (χ2v) is 4.97. The second-order valence-electron chi connectivity index (χ2n) is 4.53. The van der Waals surface area contributed by atoms with Gasteiger partial charge in [0.1, 0.15) is 5.75 Å². The number of ether oxygens (including phenoxy) is 1. The minimum atomic E-state index is -4.14. The van der Waals surface area contributed by atoms with Crippen LogP contribution in [0.3, 0.4) is 0 Å². The summed E-state index contributed by atoms with van der Waals surface area (Å²) < 4.78 is 41.6. The molecule has 1 unspecified atom stereocenters. The molecule has 6 heteroatoms. The van der Waals surface area contributed by atoms with Crippen LogP contribution >= 0.6 is 11.6 Å². The summed E-state index contributed by atoms with van der Waals surface area (Å²) in [5, 5.41) is 3.80. The first-order chi connectivity index (χ1) is 9.33. The van der Waals surface area contributed by atoms with Crippen molar-refractivity contribution in [1.82, 2.24) is 5.32 Å². The van der Waals surface area contributed by atoms with E-state index in [-0.39, 0.29) is 19.1 Å². The first-order valence-corrected chi connectivity index (χ1v) is 6.93. The maximum Gasteiger partial charge on any atom is 0.389 e. The molecular formula is C14H19ClF3NO. The zero-order valence-corrected chi connectivity index (χ0v) is 12.3. The first-order valence-electron chi connectivity index (χ1n) is 6.56. The van der Waals surface area contributed by atoms with Crippen LogP contribution in [0.25, 0.3) is 0 Å². The number of halogens is 4. The van der Waals surface area contributed by atoms with Crippen molar-refractivity contribution in [2.45, 2.75) is 38.9 Å². The van der Waals surface area contributed by atoms with Gasteiger partial charge in [0.25, 0.3) is 0 Å². The van der Waals surface area contributed by atoms with E-state index in [4.69, 9.17) is 16.3 Å².